The number of unbranched alkanes of at least 4 members (excludes halogenated alkanes) is 12. The first kappa shape index (κ1) is 92.9. The number of aliphatic imine (C=N–C) groups is 2. The number of carbonyl (C=O) groups excluding carboxylic acids is 13. The highest BCUT2D eigenvalue weighted by Gasteiger charge is 2.37. The zero-order chi connectivity index (χ0) is 77.4. The van der Waals surface area contributed by atoms with Gasteiger partial charge in [-0.05, 0) is 78.7 Å². The minimum Gasteiger partial charge on any atom is -0.481 e. The highest BCUT2D eigenvalue weighted by molar-refractivity contribution is 6.00. The molecule has 0 radical (unpaired) electrons. The number of nitrogens with one attached hydrogen (secondary N) is 11. The third kappa shape index (κ3) is 42.2. The van der Waals surface area contributed by atoms with Gasteiger partial charge in [-0.2, -0.15) is 0 Å². The molecule has 0 aromatic carbocycles. The Morgan fingerprint density at radius 1 is 0.402 bits per heavy atom. The Hall–Kier alpha value is -9.12. The second-order valence-electron chi connectivity index (χ2n) is 24.8. The van der Waals surface area contributed by atoms with E-state index in [1.54, 1.807) is 0 Å². The van der Waals surface area contributed by atoms with Gasteiger partial charge in [-0.1, -0.05) is 84.0 Å². The minimum absolute atomic E-state index is 0.0331. The third-order valence-electron chi connectivity index (χ3n) is 15.6. The predicted molar refractivity (Wildman–Crippen MR) is 372 cm³/mol. The maximum absolute atomic E-state index is 14.0. The number of aliphatic hydroxyl groups is 4. The number of amides is 13. The highest BCUT2D eigenvalue weighted by atomic mass is 16.4. The van der Waals surface area contributed by atoms with Crippen molar-refractivity contribution in [2.24, 2.45) is 55.9 Å². The average molecular weight is 1460 g/mol. The van der Waals surface area contributed by atoms with Crippen LogP contribution in [0.4, 0.5) is 0 Å². The van der Waals surface area contributed by atoms with Gasteiger partial charge in [0.05, 0.1) is 44.2 Å². The van der Waals surface area contributed by atoms with Gasteiger partial charge in [-0.25, -0.2) is 0 Å². The Labute approximate surface area is 593 Å². The number of nitrogens with zero attached hydrogens (tertiary/aromatic N) is 2. The molecular formula is C62H115N21O19. The molecule has 102 heavy (non-hydrogen) atoms. The van der Waals surface area contributed by atoms with Gasteiger partial charge in [0.25, 0.3) is 0 Å². The molecule has 0 aromatic rings. The molecular weight excluding hydrogens is 1340 g/mol. The summed E-state index contributed by atoms with van der Waals surface area (Å²) in [5.74, 6) is -16.5. The number of aliphatic carboxylic acids is 1. The van der Waals surface area contributed by atoms with Crippen molar-refractivity contribution in [1.29, 1.82) is 0 Å². The molecule has 0 saturated carbocycles. The van der Waals surface area contributed by atoms with Gasteiger partial charge in [0.1, 0.15) is 60.6 Å². The predicted octanol–water partition coefficient (Wildman–Crippen LogP) is -8.06. The molecule has 0 aromatic heterocycles. The number of hydrogen-bond acceptors (Lipinski definition) is 22. The van der Waals surface area contributed by atoms with Crippen molar-refractivity contribution < 1.29 is 92.7 Å². The quantitative estimate of drug-likeness (QED) is 0.0116. The van der Waals surface area contributed by atoms with E-state index < -0.39 is 200 Å². The number of aliphatic hydroxyl groups excluding tert-OH is 4. The zero-order valence-corrected chi connectivity index (χ0v) is 59.0. The Morgan fingerprint density at radius 3 is 1.27 bits per heavy atom. The first-order valence-electron chi connectivity index (χ1n) is 34.4. The van der Waals surface area contributed by atoms with E-state index >= 15 is 0 Å². The van der Waals surface area contributed by atoms with Crippen molar-refractivity contribution in [2.75, 3.05) is 32.8 Å². The van der Waals surface area contributed by atoms with E-state index in [0.717, 1.165) is 46.0 Å². The molecule has 32 N–H and O–H groups in total. The molecule has 0 aliphatic heterocycles. The largest absolute Gasteiger partial charge is 0.481 e. The van der Waals surface area contributed by atoms with Crippen molar-refractivity contribution in [3.63, 3.8) is 0 Å². The van der Waals surface area contributed by atoms with Crippen molar-refractivity contribution in [2.45, 2.75) is 261 Å². The van der Waals surface area contributed by atoms with Crippen LogP contribution in [-0.4, -0.2) is 232 Å². The summed E-state index contributed by atoms with van der Waals surface area (Å²) in [5.41, 5.74) is 43.6. The van der Waals surface area contributed by atoms with Gasteiger partial charge in [-0.3, -0.25) is 77.1 Å². The number of carbonyl (C=O) groups is 14. The third-order valence-corrected chi connectivity index (χ3v) is 15.6. The monoisotopic (exact) mass is 1460 g/mol. The van der Waals surface area contributed by atoms with Gasteiger partial charge in [0.2, 0.25) is 76.8 Å². The Balaban J connectivity index is 6.28. The van der Waals surface area contributed by atoms with E-state index in [-0.39, 0.29) is 70.1 Å². The van der Waals surface area contributed by atoms with Gasteiger partial charge in [0.15, 0.2) is 11.9 Å². The van der Waals surface area contributed by atoms with E-state index in [0.29, 0.717) is 12.8 Å². The number of nitrogens with two attached hydrogens (primary N) is 8. The van der Waals surface area contributed by atoms with Crippen LogP contribution in [0, 0.1) is 0 Å². The van der Waals surface area contributed by atoms with Crippen LogP contribution in [0.15, 0.2) is 9.98 Å². The Morgan fingerprint density at radius 2 is 0.814 bits per heavy atom. The van der Waals surface area contributed by atoms with Crippen molar-refractivity contribution in [3.05, 3.63) is 0 Å². The number of hydrogen-bond donors (Lipinski definition) is 24. The average Bonchev–Trinajstić information content (AvgIpc) is 0.866. The minimum atomic E-state index is -2.15. The second kappa shape index (κ2) is 52.8. The maximum Gasteiger partial charge on any atom is 0.305 e. The van der Waals surface area contributed by atoms with Crippen molar-refractivity contribution in [1.82, 2.24) is 58.5 Å². The number of carboxylic acid groups (broad SMARTS) is 1. The number of guanidine groups is 2. The molecule has 0 fully saturated rings. The van der Waals surface area contributed by atoms with E-state index in [1.165, 1.54) is 51.9 Å². The van der Waals surface area contributed by atoms with Crippen LogP contribution in [0.1, 0.15) is 182 Å². The maximum atomic E-state index is 14.0. The van der Waals surface area contributed by atoms with Gasteiger partial charge in [0, 0.05) is 25.9 Å². The lowest BCUT2D eigenvalue weighted by atomic mass is 10.0. The number of carboxylic acids is 1. The Bertz CT molecular complexity index is 2740. The normalized spacial score (nSPS) is 14.8. The molecule has 0 aliphatic carbocycles. The summed E-state index contributed by atoms with van der Waals surface area (Å²) in [4.78, 5) is 193. The second-order valence-corrected chi connectivity index (χ2v) is 24.8. The van der Waals surface area contributed by atoms with E-state index in [1.807, 2.05) is 5.32 Å². The van der Waals surface area contributed by atoms with Crippen molar-refractivity contribution in [3.8, 4) is 0 Å². The van der Waals surface area contributed by atoms with Crippen LogP contribution < -0.4 is 104 Å². The summed E-state index contributed by atoms with van der Waals surface area (Å²) in [7, 11) is 0. The summed E-state index contributed by atoms with van der Waals surface area (Å²) >= 11 is 0. The molecule has 0 spiro atoms. The number of primary amides is 2. The summed E-state index contributed by atoms with van der Waals surface area (Å²) < 4.78 is 0. The molecule has 13 unspecified atom stereocenters. The molecule has 0 heterocycles. The van der Waals surface area contributed by atoms with Crippen LogP contribution in [-0.2, 0) is 67.1 Å². The summed E-state index contributed by atoms with van der Waals surface area (Å²) in [6.45, 7) is 3.38. The smallest absolute Gasteiger partial charge is 0.305 e. The van der Waals surface area contributed by atoms with Crippen LogP contribution in [0.3, 0.4) is 0 Å². The fourth-order valence-electron chi connectivity index (χ4n) is 9.94. The molecule has 0 rings (SSSR count). The topological polar surface area (TPSA) is 705 Å². The molecule has 40 heteroatoms. The summed E-state index contributed by atoms with van der Waals surface area (Å²) in [5, 5.41) is 76.5. The molecule has 0 aliphatic rings. The van der Waals surface area contributed by atoms with Crippen LogP contribution in [0.25, 0.3) is 0 Å². The Kier molecular flexibility index (Phi) is 48.1. The summed E-state index contributed by atoms with van der Waals surface area (Å²) in [6.07, 6.45) is 6.18. The molecule has 582 valence electrons. The van der Waals surface area contributed by atoms with Gasteiger partial charge < -0.3 is 130 Å². The van der Waals surface area contributed by atoms with Gasteiger partial charge in [-0.15, -0.1) is 0 Å². The van der Waals surface area contributed by atoms with Crippen LogP contribution in [0.5, 0.6) is 0 Å². The first-order valence-corrected chi connectivity index (χ1v) is 34.4. The van der Waals surface area contributed by atoms with E-state index in [9.17, 15) is 92.7 Å². The molecule has 0 bridgehead atoms. The van der Waals surface area contributed by atoms with Crippen LogP contribution >= 0.6 is 0 Å². The first-order chi connectivity index (χ1) is 48.1. The van der Waals surface area contributed by atoms with E-state index in [4.69, 9.17) is 45.9 Å². The molecule has 13 atom stereocenters. The summed E-state index contributed by atoms with van der Waals surface area (Å²) in [6, 6.07) is -16.9. The lowest BCUT2D eigenvalue weighted by Crippen LogP contribution is -2.62. The lowest BCUT2D eigenvalue weighted by molar-refractivity contribution is -0.142. The van der Waals surface area contributed by atoms with Gasteiger partial charge >= 0.3 is 5.97 Å². The fraction of sp³-hybridized carbons (Fsp3) is 0.742. The van der Waals surface area contributed by atoms with Crippen LogP contribution in [0.2, 0.25) is 0 Å². The molecule has 40 nitrogen and oxygen atoms in total. The fourth-order valence-corrected chi connectivity index (χ4v) is 9.94. The zero-order valence-electron chi connectivity index (χ0n) is 59.0. The standard InChI is InChI=1S/C62H115N21O19/c1-5-6-7-8-9-10-11-12-13-14-15-16-17-24-46(89)82-49(35(3)85)59(101)80-41(30-45(65)88)56(98)74-34(2)52(94)73-32-47(90)75-38(22-19-28-71-61(67)68)53(95)81-43(33-84)58(100)79-42(31-48(91)92)57(99)83-50(36(4)86)60(102)78-39(23-20-29-72-62(69)70)54(96)77-40(25-26-44(64)87)55(97)76-37(51(66)93)21-18-27-63/h34-43,49-51,84-86,93H,5-33,63,66H2,1-4H3,(H2,64,87)(H2,65,88)(H,73,94)(H,74,98)(H,75,90)(H,76,97)(H,77,96)(H,78,102)(H,79,100)(H,80,101)(H,81,95)(H,82,89)(H,83,99)(H,91,92)(H4,67,68,71)(H4,69,70,72). The lowest BCUT2D eigenvalue weighted by Gasteiger charge is -2.28. The molecule has 0 saturated heterocycles. The van der Waals surface area contributed by atoms with E-state index in [2.05, 4.69) is 70.1 Å². The SMILES string of the molecule is CCCCCCCCCCCCCCCC(=O)NC(C(=O)NC(CC(N)=O)C(=O)NC(C)C(=O)NCC(=O)NC(CCCN=C(N)N)C(=O)NC(CO)C(=O)NC(CC(=O)O)C(=O)NC(C(=O)NC(CCCN=C(N)N)C(=O)NC(CCC(N)=O)C(=O)NC(CCCN)C(N)O)C(C)O)C(C)O. The molecule has 13 amide bonds. The highest BCUT2D eigenvalue weighted by Crippen LogP contribution is 2.14. The van der Waals surface area contributed by atoms with Crippen molar-refractivity contribution >= 4 is 94.7 Å². The number of rotatable bonds is 57.